The number of allylic oxidation sites excluding steroid dienone is 1. The maximum absolute atomic E-state index is 10.8. The second kappa shape index (κ2) is 3.05. The van der Waals surface area contributed by atoms with Gasteiger partial charge in [0.05, 0.1) is 0 Å². The molecule has 0 aromatic rings. The van der Waals surface area contributed by atoms with Crippen LogP contribution >= 0.6 is 0 Å². The lowest BCUT2D eigenvalue weighted by Gasteiger charge is -2.23. The Kier molecular flexibility index (Phi) is 2.29. The van der Waals surface area contributed by atoms with Gasteiger partial charge in [-0.15, -0.1) is 0 Å². The van der Waals surface area contributed by atoms with Crippen molar-refractivity contribution in [3.05, 3.63) is 11.8 Å². The molecular weight excluding hydrogens is 142 g/mol. The third-order valence-electron chi connectivity index (χ3n) is 1.87. The molecule has 0 saturated heterocycles. The quantitative estimate of drug-likeness (QED) is 0.598. The minimum atomic E-state index is -0.0243. The van der Waals surface area contributed by atoms with Crippen LogP contribution in [0.5, 0.6) is 0 Å². The first-order valence-corrected chi connectivity index (χ1v) is 3.72. The molecule has 1 heterocycles. The van der Waals surface area contributed by atoms with E-state index in [4.69, 9.17) is 10.5 Å². The van der Waals surface area contributed by atoms with Gasteiger partial charge in [0.2, 0.25) is 0 Å². The lowest BCUT2D eigenvalue weighted by molar-refractivity contribution is -0.117. The fraction of sp³-hybridized carbons (Fsp3) is 0.625. The summed E-state index contributed by atoms with van der Waals surface area (Å²) in [5, 5.41) is 0. The maximum atomic E-state index is 10.8. The number of nitrogens with two attached hydrogens (primary N) is 1. The largest absolute Gasteiger partial charge is 0.489 e. The molecule has 1 rings (SSSR count). The first kappa shape index (κ1) is 8.27. The van der Waals surface area contributed by atoms with Crippen molar-refractivity contribution in [3.8, 4) is 0 Å². The molecule has 2 N–H and O–H groups in total. The highest BCUT2D eigenvalue weighted by Gasteiger charge is 2.20. The Hall–Kier alpha value is -0.830. The maximum Gasteiger partial charge on any atom is 0.193 e. The molecule has 0 aliphatic carbocycles. The van der Waals surface area contributed by atoms with Gasteiger partial charge in [0.15, 0.2) is 11.5 Å². The lowest BCUT2D eigenvalue weighted by atomic mass is 10.00. The van der Waals surface area contributed by atoms with Gasteiger partial charge < -0.3 is 10.5 Å². The highest BCUT2D eigenvalue weighted by atomic mass is 16.5. The molecule has 1 aliphatic heterocycles. The summed E-state index contributed by atoms with van der Waals surface area (Å²) in [5.74, 6) is 0.672. The molecule has 0 fully saturated rings. The molecule has 0 radical (unpaired) electrons. The van der Waals surface area contributed by atoms with Gasteiger partial charge in [-0.05, 0) is 12.0 Å². The van der Waals surface area contributed by atoms with Crippen molar-refractivity contribution in [2.75, 3.05) is 6.61 Å². The van der Waals surface area contributed by atoms with Crippen molar-refractivity contribution in [2.45, 2.75) is 19.9 Å². The molecule has 2 atom stereocenters. The van der Waals surface area contributed by atoms with Gasteiger partial charge in [0.25, 0.3) is 0 Å². The molecular formula is C8H13NO2. The predicted octanol–water partition coefficient (Wildman–Crippen LogP) is 0.453. The van der Waals surface area contributed by atoms with Crippen molar-refractivity contribution in [2.24, 2.45) is 11.7 Å². The van der Waals surface area contributed by atoms with E-state index in [9.17, 15) is 4.79 Å². The SMILES string of the molecule is CC(=O)C1=CC(C)C(N)CO1. The van der Waals surface area contributed by atoms with E-state index in [1.165, 1.54) is 6.92 Å². The van der Waals surface area contributed by atoms with Crippen LogP contribution in [0.25, 0.3) is 0 Å². The van der Waals surface area contributed by atoms with Gasteiger partial charge in [0.1, 0.15) is 6.61 Å². The number of Topliss-reactive ketones (excluding diaryl/α,β-unsaturated/α-hetero) is 1. The Morgan fingerprint density at radius 3 is 2.91 bits per heavy atom. The van der Waals surface area contributed by atoms with Gasteiger partial charge in [-0.3, -0.25) is 4.79 Å². The van der Waals surface area contributed by atoms with Crippen LogP contribution in [0.1, 0.15) is 13.8 Å². The van der Waals surface area contributed by atoms with E-state index in [1.807, 2.05) is 6.92 Å². The minimum Gasteiger partial charge on any atom is -0.489 e. The molecule has 0 saturated carbocycles. The smallest absolute Gasteiger partial charge is 0.193 e. The molecule has 3 heteroatoms. The summed E-state index contributed by atoms with van der Waals surface area (Å²) in [5.41, 5.74) is 5.66. The van der Waals surface area contributed by atoms with E-state index >= 15 is 0 Å². The molecule has 1 aliphatic rings. The Bertz CT molecular complexity index is 198. The normalized spacial score (nSPS) is 30.6. The van der Waals surface area contributed by atoms with E-state index in [1.54, 1.807) is 6.08 Å². The van der Waals surface area contributed by atoms with Crippen molar-refractivity contribution < 1.29 is 9.53 Å². The average Bonchev–Trinajstić information content (AvgIpc) is 1.94. The van der Waals surface area contributed by atoms with Crippen LogP contribution in [0.4, 0.5) is 0 Å². The Balaban J connectivity index is 2.71. The van der Waals surface area contributed by atoms with Crippen molar-refractivity contribution >= 4 is 5.78 Å². The zero-order chi connectivity index (χ0) is 8.43. The third-order valence-corrected chi connectivity index (χ3v) is 1.87. The molecule has 0 spiro atoms. The Morgan fingerprint density at radius 2 is 2.45 bits per heavy atom. The van der Waals surface area contributed by atoms with Gasteiger partial charge >= 0.3 is 0 Å². The Morgan fingerprint density at radius 1 is 1.82 bits per heavy atom. The molecule has 2 unspecified atom stereocenters. The van der Waals surface area contributed by atoms with Crippen molar-refractivity contribution in [1.82, 2.24) is 0 Å². The molecule has 0 aromatic heterocycles. The molecule has 0 bridgehead atoms. The summed E-state index contributed by atoms with van der Waals surface area (Å²) in [6, 6.07) is 0.0260. The molecule has 11 heavy (non-hydrogen) atoms. The molecule has 62 valence electrons. The minimum absolute atomic E-state index is 0.0243. The van der Waals surface area contributed by atoms with Crippen LogP contribution in [0.15, 0.2) is 11.8 Å². The highest BCUT2D eigenvalue weighted by Crippen LogP contribution is 2.15. The van der Waals surface area contributed by atoms with Gasteiger partial charge in [-0.25, -0.2) is 0 Å². The number of hydrogen-bond donors (Lipinski definition) is 1. The van der Waals surface area contributed by atoms with Crippen LogP contribution in [0, 0.1) is 5.92 Å². The van der Waals surface area contributed by atoms with E-state index in [0.29, 0.717) is 12.4 Å². The van der Waals surface area contributed by atoms with E-state index < -0.39 is 0 Å². The van der Waals surface area contributed by atoms with Crippen molar-refractivity contribution in [1.29, 1.82) is 0 Å². The van der Waals surface area contributed by atoms with Gasteiger partial charge in [-0.1, -0.05) is 6.92 Å². The van der Waals surface area contributed by atoms with Crippen LogP contribution in [0.2, 0.25) is 0 Å². The van der Waals surface area contributed by atoms with Crippen LogP contribution < -0.4 is 5.73 Å². The molecule has 0 aromatic carbocycles. The standard InChI is InChI=1S/C8H13NO2/c1-5-3-8(6(2)10)11-4-7(5)9/h3,5,7H,4,9H2,1-2H3. The number of hydrogen-bond acceptors (Lipinski definition) is 3. The Labute approximate surface area is 66.2 Å². The van der Waals surface area contributed by atoms with E-state index in [2.05, 4.69) is 0 Å². The monoisotopic (exact) mass is 155 g/mol. The average molecular weight is 155 g/mol. The van der Waals surface area contributed by atoms with Crippen molar-refractivity contribution in [3.63, 3.8) is 0 Å². The summed E-state index contributed by atoms with van der Waals surface area (Å²) in [6.07, 6.45) is 1.79. The number of carbonyl (C=O) groups is 1. The summed E-state index contributed by atoms with van der Waals surface area (Å²) in [6.45, 7) is 3.93. The van der Waals surface area contributed by atoms with Crippen LogP contribution in [-0.4, -0.2) is 18.4 Å². The summed E-state index contributed by atoms with van der Waals surface area (Å²) < 4.78 is 5.11. The van der Waals surface area contributed by atoms with E-state index in [0.717, 1.165) is 0 Å². The topological polar surface area (TPSA) is 52.3 Å². The predicted molar refractivity (Wildman–Crippen MR) is 41.9 cm³/mol. The number of ether oxygens (including phenoxy) is 1. The number of carbonyl (C=O) groups excluding carboxylic acids is 1. The molecule has 3 nitrogen and oxygen atoms in total. The van der Waals surface area contributed by atoms with Gasteiger partial charge in [-0.2, -0.15) is 0 Å². The summed E-state index contributed by atoms with van der Waals surface area (Å²) in [7, 11) is 0. The zero-order valence-corrected chi connectivity index (χ0v) is 6.83. The lowest BCUT2D eigenvalue weighted by Crippen LogP contribution is -2.36. The summed E-state index contributed by atoms with van der Waals surface area (Å²) in [4.78, 5) is 10.8. The first-order chi connectivity index (χ1) is 5.11. The summed E-state index contributed by atoms with van der Waals surface area (Å²) >= 11 is 0. The third kappa shape index (κ3) is 1.80. The fourth-order valence-corrected chi connectivity index (χ4v) is 0.967. The highest BCUT2D eigenvalue weighted by molar-refractivity contribution is 5.91. The van der Waals surface area contributed by atoms with Crippen LogP contribution in [0.3, 0.4) is 0 Å². The fourth-order valence-electron chi connectivity index (χ4n) is 0.967. The van der Waals surface area contributed by atoms with Gasteiger partial charge in [0, 0.05) is 13.0 Å². The van der Waals surface area contributed by atoms with E-state index in [-0.39, 0.29) is 17.7 Å². The number of ketones is 1. The van der Waals surface area contributed by atoms with Crippen LogP contribution in [-0.2, 0) is 9.53 Å². The number of rotatable bonds is 1. The first-order valence-electron chi connectivity index (χ1n) is 3.72. The second-order valence-electron chi connectivity index (χ2n) is 2.92. The molecule has 0 amide bonds. The second-order valence-corrected chi connectivity index (χ2v) is 2.92. The zero-order valence-electron chi connectivity index (χ0n) is 6.83.